The van der Waals surface area contributed by atoms with Crippen molar-refractivity contribution in [1.82, 2.24) is 14.9 Å². The molecule has 0 bridgehead atoms. The summed E-state index contributed by atoms with van der Waals surface area (Å²) < 4.78 is 0. The minimum absolute atomic E-state index is 0.617. The van der Waals surface area contributed by atoms with Crippen LogP contribution >= 0.6 is 0 Å². The molecule has 6 heteroatoms. The number of hydrogen-bond acceptors (Lipinski definition) is 6. The predicted octanol–water partition coefficient (Wildman–Crippen LogP) is 3.38. The minimum atomic E-state index is 0.617. The first kappa shape index (κ1) is 17.9. The molecule has 2 fully saturated rings. The third-order valence-corrected chi connectivity index (χ3v) is 6.08. The van der Waals surface area contributed by atoms with Gasteiger partial charge in [0, 0.05) is 43.1 Å². The molecule has 5 rings (SSSR count). The van der Waals surface area contributed by atoms with E-state index >= 15 is 0 Å². The fraction of sp³-hybridized carbons (Fsp3) is 0.545. The average Bonchev–Trinajstić information content (AvgIpc) is 3.61. The van der Waals surface area contributed by atoms with E-state index in [1.165, 1.54) is 48.9 Å². The van der Waals surface area contributed by atoms with Crippen LogP contribution in [0.4, 0.5) is 17.5 Å². The van der Waals surface area contributed by atoms with Crippen molar-refractivity contribution in [3.05, 3.63) is 41.1 Å². The van der Waals surface area contributed by atoms with E-state index in [4.69, 9.17) is 10.7 Å². The van der Waals surface area contributed by atoms with Gasteiger partial charge in [0.2, 0.25) is 5.95 Å². The summed E-state index contributed by atoms with van der Waals surface area (Å²) in [6, 6.07) is 7.53. The molecule has 28 heavy (non-hydrogen) atoms. The summed E-state index contributed by atoms with van der Waals surface area (Å²) in [5.41, 5.74) is 10.9. The molecule has 0 radical (unpaired) electrons. The number of fused-ring (bicyclic) bond motifs is 1. The van der Waals surface area contributed by atoms with Crippen molar-refractivity contribution in [2.75, 3.05) is 30.3 Å². The Balaban J connectivity index is 1.32. The van der Waals surface area contributed by atoms with Gasteiger partial charge in [-0.05, 0) is 74.2 Å². The second-order valence-electron chi connectivity index (χ2n) is 8.40. The van der Waals surface area contributed by atoms with Gasteiger partial charge in [-0.2, -0.15) is 4.98 Å². The van der Waals surface area contributed by atoms with Crippen LogP contribution in [-0.2, 0) is 13.0 Å². The van der Waals surface area contributed by atoms with Gasteiger partial charge in [-0.3, -0.25) is 4.90 Å². The lowest BCUT2D eigenvalue weighted by Crippen LogP contribution is -2.32. The maximum absolute atomic E-state index is 5.63. The van der Waals surface area contributed by atoms with Crippen LogP contribution in [0.25, 0.3) is 0 Å². The zero-order valence-corrected chi connectivity index (χ0v) is 16.5. The highest BCUT2D eigenvalue weighted by Gasteiger charge is 2.31. The molecule has 0 saturated heterocycles. The Hall–Kier alpha value is -2.18. The van der Waals surface area contributed by atoms with Gasteiger partial charge in [-0.15, -0.1) is 0 Å². The lowest BCUT2D eigenvalue weighted by molar-refractivity contribution is 0.244. The molecule has 1 aromatic heterocycles. The van der Waals surface area contributed by atoms with Crippen molar-refractivity contribution in [3.8, 4) is 0 Å². The monoisotopic (exact) mass is 378 g/mol. The third kappa shape index (κ3) is 3.98. The Bertz CT molecular complexity index is 843. The van der Waals surface area contributed by atoms with E-state index in [2.05, 4.69) is 38.7 Å². The van der Waals surface area contributed by atoms with E-state index in [0.29, 0.717) is 18.4 Å². The van der Waals surface area contributed by atoms with Gasteiger partial charge >= 0.3 is 0 Å². The van der Waals surface area contributed by atoms with Crippen LogP contribution in [0.2, 0.25) is 0 Å². The summed E-state index contributed by atoms with van der Waals surface area (Å²) >= 11 is 0. The number of aromatic nitrogens is 2. The summed E-state index contributed by atoms with van der Waals surface area (Å²) in [6.07, 6.45) is 9.31. The maximum Gasteiger partial charge on any atom is 0.229 e. The molecular weight excluding hydrogens is 348 g/mol. The minimum Gasteiger partial charge on any atom is -0.370 e. The summed E-state index contributed by atoms with van der Waals surface area (Å²) in [5, 5.41) is 6.88. The highest BCUT2D eigenvalue weighted by Crippen LogP contribution is 2.43. The third-order valence-electron chi connectivity index (χ3n) is 6.08. The molecule has 4 N–H and O–H groups in total. The second kappa shape index (κ2) is 7.68. The molecule has 148 valence electrons. The van der Waals surface area contributed by atoms with Crippen molar-refractivity contribution in [2.45, 2.75) is 57.0 Å². The first-order valence-corrected chi connectivity index (χ1v) is 10.7. The highest BCUT2D eigenvalue weighted by molar-refractivity contribution is 5.59. The van der Waals surface area contributed by atoms with E-state index < -0.39 is 0 Å². The summed E-state index contributed by atoms with van der Waals surface area (Å²) in [4.78, 5) is 12.0. The molecule has 2 heterocycles. The lowest BCUT2D eigenvalue weighted by atomic mass is 9.99. The maximum atomic E-state index is 5.63. The smallest absolute Gasteiger partial charge is 0.229 e. The lowest BCUT2D eigenvalue weighted by Gasteiger charge is -2.29. The largest absolute Gasteiger partial charge is 0.370 e. The first-order valence-electron chi connectivity index (χ1n) is 10.7. The quantitative estimate of drug-likeness (QED) is 0.611. The van der Waals surface area contributed by atoms with E-state index in [1.54, 1.807) is 0 Å². The second-order valence-corrected chi connectivity index (χ2v) is 8.40. The number of benzene rings is 1. The molecule has 6 nitrogen and oxygen atoms in total. The zero-order chi connectivity index (χ0) is 18.9. The highest BCUT2D eigenvalue weighted by atomic mass is 15.2. The molecule has 0 amide bonds. The predicted molar refractivity (Wildman–Crippen MR) is 113 cm³/mol. The number of nitrogens with zero attached hydrogens (tertiary/aromatic N) is 3. The molecular formula is C22H30N6. The standard InChI is InChI=1S/C22H30N6/c23-9-1-10-24-21-20(16-2-3-16)13-25-22(27-21)26-18-5-4-15-8-11-28(19-6-7-19)14-17(15)12-18/h4-5,12-13,16,19H,1-3,6-11,14,23H2,(H2,24,25,26,27). The molecule has 1 aromatic carbocycles. The van der Waals surface area contributed by atoms with Crippen LogP contribution in [0, 0.1) is 0 Å². The number of anilines is 3. The van der Waals surface area contributed by atoms with Gasteiger partial charge in [0.15, 0.2) is 0 Å². The van der Waals surface area contributed by atoms with Crippen molar-refractivity contribution in [1.29, 1.82) is 0 Å². The molecule has 2 saturated carbocycles. The molecule has 0 unspecified atom stereocenters. The summed E-state index contributed by atoms with van der Waals surface area (Å²) in [5.74, 6) is 2.24. The molecule has 0 atom stereocenters. The van der Waals surface area contributed by atoms with Crippen molar-refractivity contribution < 1.29 is 0 Å². The van der Waals surface area contributed by atoms with E-state index in [0.717, 1.165) is 43.5 Å². The number of nitrogens with one attached hydrogen (secondary N) is 2. The van der Waals surface area contributed by atoms with Crippen molar-refractivity contribution in [2.24, 2.45) is 5.73 Å². The zero-order valence-electron chi connectivity index (χ0n) is 16.5. The van der Waals surface area contributed by atoms with Crippen LogP contribution in [0.15, 0.2) is 24.4 Å². The molecule has 3 aliphatic rings. The first-order chi connectivity index (χ1) is 13.8. The van der Waals surface area contributed by atoms with E-state index in [9.17, 15) is 0 Å². The van der Waals surface area contributed by atoms with Gasteiger partial charge in [-0.1, -0.05) is 6.07 Å². The van der Waals surface area contributed by atoms with Crippen LogP contribution in [0.3, 0.4) is 0 Å². The Kier molecular flexibility index (Phi) is 4.91. The average molecular weight is 379 g/mol. The van der Waals surface area contributed by atoms with Crippen LogP contribution < -0.4 is 16.4 Å². The van der Waals surface area contributed by atoms with Crippen LogP contribution in [0.5, 0.6) is 0 Å². The molecule has 2 aromatic rings. The fourth-order valence-electron chi connectivity index (χ4n) is 4.13. The molecule has 0 spiro atoms. The Morgan fingerprint density at radius 3 is 2.82 bits per heavy atom. The van der Waals surface area contributed by atoms with Gasteiger partial charge in [-0.25, -0.2) is 4.98 Å². The van der Waals surface area contributed by atoms with Crippen LogP contribution in [-0.4, -0.2) is 40.5 Å². The number of nitrogens with two attached hydrogens (primary N) is 1. The SMILES string of the molecule is NCCCNc1nc(Nc2ccc3c(c2)CN(C2CC2)CC3)ncc1C1CC1. The number of hydrogen-bond donors (Lipinski definition) is 3. The normalized spacial score (nSPS) is 19.3. The molecule has 1 aliphatic heterocycles. The fourth-order valence-corrected chi connectivity index (χ4v) is 4.13. The van der Waals surface area contributed by atoms with E-state index in [1.807, 2.05) is 6.20 Å². The van der Waals surface area contributed by atoms with Gasteiger partial charge in [0.1, 0.15) is 5.82 Å². The van der Waals surface area contributed by atoms with E-state index in [-0.39, 0.29) is 0 Å². The van der Waals surface area contributed by atoms with Crippen LogP contribution in [0.1, 0.15) is 54.7 Å². The Morgan fingerprint density at radius 1 is 1.14 bits per heavy atom. The summed E-state index contributed by atoms with van der Waals surface area (Å²) in [7, 11) is 0. The van der Waals surface area contributed by atoms with Crippen molar-refractivity contribution in [3.63, 3.8) is 0 Å². The Morgan fingerprint density at radius 2 is 2.04 bits per heavy atom. The molecule has 2 aliphatic carbocycles. The van der Waals surface area contributed by atoms with Crippen molar-refractivity contribution >= 4 is 17.5 Å². The Labute approximate surface area is 166 Å². The van der Waals surface area contributed by atoms with Gasteiger partial charge in [0.25, 0.3) is 0 Å². The van der Waals surface area contributed by atoms with Gasteiger partial charge < -0.3 is 16.4 Å². The topological polar surface area (TPSA) is 79.1 Å². The summed E-state index contributed by atoms with van der Waals surface area (Å²) in [6.45, 7) is 3.81. The van der Waals surface area contributed by atoms with Gasteiger partial charge in [0.05, 0.1) is 0 Å². The number of rotatable bonds is 8.